The molecule has 0 aliphatic rings. The Hall–Kier alpha value is -1.77. The fourth-order valence-electron chi connectivity index (χ4n) is 1.46. The number of rotatable bonds is 7. The molecular weight excluding hydrogens is 228 g/mol. The Kier molecular flexibility index (Phi) is 5.98. The van der Waals surface area contributed by atoms with Gasteiger partial charge in [0.15, 0.2) is 0 Å². The number of hydrogen-bond acceptors (Lipinski definition) is 3. The SMILES string of the molecule is C=C(C)C(=O)OCCOc1ccc(CCC)cc1. The van der Waals surface area contributed by atoms with Gasteiger partial charge in [-0.15, -0.1) is 0 Å². The van der Waals surface area contributed by atoms with Gasteiger partial charge in [0.1, 0.15) is 19.0 Å². The molecule has 3 heteroatoms. The molecule has 1 rings (SSSR count). The fraction of sp³-hybridized carbons (Fsp3) is 0.400. The van der Waals surface area contributed by atoms with E-state index in [0.717, 1.165) is 18.6 Å². The lowest BCUT2D eigenvalue weighted by molar-refractivity contribution is -0.139. The molecule has 0 amide bonds. The van der Waals surface area contributed by atoms with Gasteiger partial charge >= 0.3 is 5.97 Å². The van der Waals surface area contributed by atoms with Crippen LogP contribution in [0.15, 0.2) is 36.4 Å². The summed E-state index contributed by atoms with van der Waals surface area (Å²) in [4.78, 5) is 11.1. The van der Waals surface area contributed by atoms with Crippen LogP contribution in [0.25, 0.3) is 0 Å². The summed E-state index contributed by atoms with van der Waals surface area (Å²) in [5.41, 5.74) is 1.71. The second-order valence-corrected chi connectivity index (χ2v) is 4.16. The van der Waals surface area contributed by atoms with Gasteiger partial charge in [-0.05, 0) is 31.0 Å². The summed E-state index contributed by atoms with van der Waals surface area (Å²) in [5.74, 6) is 0.415. The summed E-state index contributed by atoms with van der Waals surface area (Å²) in [7, 11) is 0. The third-order valence-electron chi connectivity index (χ3n) is 2.40. The summed E-state index contributed by atoms with van der Waals surface area (Å²) in [6, 6.07) is 7.98. The van der Waals surface area contributed by atoms with Gasteiger partial charge in [-0.3, -0.25) is 0 Å². The van der Waals surface area contributed by atoms with Crippen molar-refractivity contribution in [3.63, 3.8) is 0 Å². The molecule has 98 valence electrons. The molecule has 0 unspecified atom stereocenters. The van der Waals surface area contributed by atoms with Crippen LogP contribution in [0, 0.1) is 0 Å². The molecule has 0 aliphatic heterocycles. The lowest BCUT2D eigenvalue weighted by Crippen LogP contribution is -2.12. The minimum atomic E-state index is -0.378. The maximum atomic E-state index is 11.1. The molecule has 0 N–H and O–H groups in total. The largest absolute Gasteiger partial charge is 0.490 e. The second-order valence-electron chi connectivity index (χ2n) is 4.16. The van der Waals surface area contributed by atoms with E-state index in [-0.39, 0.29) is 12.6 Å². The Morgan fingerprint density at radius 1 is 1.22 bits per heavy atom. The van der Waals surface area contributed by atoms with Crippen LogP contribution in [0.4, 0.5) is 0 Å². The van der Waals surface area contributed by atoms with E-state index < -0.39 is 0 Å². The van der Waals surface area contributed by atoms with Gasteiger partial charge in [-0.25, -0.2) is 4.79 Å². The van der Waals surface area contributed by atoms with Gasteiger partial charge in [0.2, 0.25) is 0 Å². The molecule has 18 heavy (non-hydrogen) atoms. The van der Waals surface area contributed by atoms with Crippen LogP contribution < -0.4 is 4.74 Å². The second kappa shape index (κ2) is 7.54. The third kappa shape index (κ3) is 5.04. The maximum absolute atomic E-state index is 11.1. The van der Waals surface area contributed by atoms with Crippen LogP contribution in [0.2, 0.25) is 0 Å². The fourth-order valence-corrected chi connectivity index (χ4v) is 1.46. The number of carbonyl (C=O) groups excluding carboxylic acids is 1. The highest BCUT2D eigenvalue weighted by Crippen LogP contribution is 2.13. The molecule has 0 spiro atoms. The van der Waals surface area contributed by atoms with E-state index in [1.807, 2.05) is 12.1 Å². The van der Waals surface area contributed by atoms with Crippen molar-refractivity contribution in [1.29, 1.82) is 0 Å². The number of ether oxygens (including phenoxy) is 2. The summed E-state index contributed by atoms with van der Waals surface area (Å²) < 4.78 is 10.4. The smallest absolute Gasteiger partial charge is 0.333 e. The number of aryl methyl sites for hydroxylation is 1. The van der Waals surface area contributed by atoms with Gasteiger partial charge in [0.05, 0.1) is 0 Å². The van der Waals surface area contributed by atoms with E-state index in [0.29, 0.717) is 12.2 Å². The lowest BCUT2D eigenvalue weighted by atomic mass is 10.1. The van der Waals surface area contributed by atoms with Crippen molar-refractivity contribution in [3.05, 3.63) is 42.0 Å². The minimum absolute atomic E-state index is 0.238. The van der Waals surface area contributed by atoms with Crippen LogP contribution in [0.3, 0.4) is 0 Å². The molecule has 0 atom stereocenters. The van der Waals surface area contributed by atoms with Crippen LogP contribution in [0.5, 0.6) is 5.75 Å². The van der Waals surface area contributed by atoms with Crippen molar-refractivity contribution in [3.8, 4) is 5.75 Å². The zero-order valence-electron chi connectivity index (χ0n) is 11.1. The molecular formula is C15H20O3. The first kappa shape index (κ1) is 14.3. The van der Waals surface area contributed by atoms with E-state index in [9.17, 15) is 4.79 Å². The van der Waals surface area contributed by atoms with Crippen molar-refractivity contribution >= 4 is 5.97 Å². The zero-order valence-corrected chi connectivity index (χ0v) is 11.1. The van der Waals surface area contributed by atoms with E-state index >= 15 is 0 Å². The van der Waals surface area contributed by atoms with Crippen molar-refractivity contribution in [2.75, 3.05) is 13.2 Å². The van der Waals surface area contributed by atoms with E-state index in [1.54, 1.807) is 6.92 Å². The molecule has 0 saturated heterocycles. The highest BCUT2D eigenvalue weighted by atomic mass is 16.6. The molecule has 1 aromatic rings. The van der Waals surface area contributed by atoms with Crippen LogP contribution in [-0.2, 0) is 16.0 Å². The lowest BCUT2D eigenvalue weighted by Gasteiger charge is -2.08. The van der Waals surface area contributed by atoms with Crippen LogP contribution >= 0.6 is 0 Å². The number of esters is 1. The molecule has 0 radical (unpaired) electrons. The number of carbonyl (C=O) groups is 1. The quantitative estimate of drug-likeness (QED) is 0.422. The highest BCUT2D eigenvalue weighted by Gasteiger charge is 2.02. The summed E-state index contributed by atoms with van der Waals surface area (Å²) in [6.07, 6.45) is 2.22. The summed E-state index contributed by atoms with van der Waals surface area (Å²) in [5, 5.41) is 0. The molecule has 0 saturated carbocycles. The van der Waals surface area contributed by atoms with Crippen LogP contribution in [-0.4, -0.2) is 19.2 Å². The van der Waals surface area contributed by atoms with Gasteiger partial charge in [0.25, 0.3) is 0 Å². The Labute approximate surface area is 108 Å². The molecule has 0 heterocycles. The first-order chi connectivity index (χ1) is 8.63. The monoisotopic (exact) mass is 248 g/mol. The van der Waals surface area contributed by atoms with Gasteiger partial charge in [-0.2, -0.15) is 0 Å². The van der Waals surface area contributed by atoms with E-state index in [2.05, 4.69) is 25.6 Å². The predicted octanol–water partition coefficient (Wildman–Crippen LogP) is 3.14. The average molecular weight is 248 g/mol. The summed E-state index contributed by atoms with van der Waals surface area (Å²) in [6.45, 7) is 7.87. The summed E-state index contributed by atoms with van der Waals surface area (Å²) >= 11 is 0. The molecule has 0 fully saturated rings. The average Bonchev–Trinajstić information content (AvgIpc) is 2.36. The zero-order chi connectivity index (χ0) is 13.4. The van der Waals surface area contributed by atoms with Gasteiger partial charge < -0.3 is 9.47 Å². The number of benzene rings is 1. The maximum Gasteiger partial charge on any atom is 0.333 e. The molecule has 0 bridgehead atoms. The molecule has 3 nitrogen and oxygen atoms in total. The number of hydrogen-bond donors (Lipinski definition) is 0. The van der Waals surface area contributed by atoms with Crippen molar-refractivity contribution in [1.82, 2.24) is 0 Å². The molecule has 0 aliphatic carbocycles. The Balaban J connectivity index is 2.27. The molecule has 1 aromatic carbocycles. The van der Waals surface area contributed by atoms with E-state index in [4.69, 9.17) is 9.47 Å². The Bertz CT molecular complexity index is 393. The molecule has 0 aromatic heterocycles. The van der Waals surface area contributed by atoms with Gasteiger partial charge in [-0.1, -0.05) is 32.1 Å². The van der Waals surface area contributed by atoms with Crippen molar-refractivity contribution in [2.24, 2.45) is 0 Å². The first-order valence-corrected chi connectivity index (χ1v) is 6.18. The van der Waals surface area contributed by atoms with E-state index in [1.165, 1.54) is 5.56 Å². The van der Waals surface area contributed by atoms with Crippen molar-refractivity contribution in [2.45, 2.75) is 26.7 Å². The van der Waals surface area contributed by atoms with Gasteiger partial charge in [0, 0.05) is 5.57 Å². The highest BCUT2D eigenvalue weighted by molar-refractivity contribution is 5.86. The Morgan fingerprint density at radius 2 is 1.89 bits per heavy atom. The predicted molar refractivity (Wildman–Crippen MR) is 71.7 cm³/mol. The Morgan fingerprint density at radius 3 is 2.44 bits per heavy atom. The third-order valence-corrected chi connectivity index (χ3v) is 2.40. The van der Waals surface area contributed by atoms with Crippen molar-refractivity contribution < 1.29 is 14.3 Å². The normalized spacial score (nSPS) is 9.89. The first-order valence-electron chi connectivity index (χ1n) is 6.18. The van der Waals surface area contributed by atoms with Crippen LogP contribution in [0.1, 0.15) is 25.8 Å². The standard InChI is InChI=1S/C15H20O3/c1-4-5-13-6-8-14(9-7-13)17-10-11-18-15(16)12(2)3/h6-9H,2,4-5,10-11H2,1,3H3. The minimum Gasteiger partial charge on any atom is -0.490 e. The topological polar surface area (TPSA) is 35.5 Å².